The van der Waals surface area contributed by atoms with Crippen LogP contribution in [0.1, 0.15) is 48.9 Å². The van der Waals surface area contributed by atoms with E-state index in [0.717, 1.165) is 75.1 Å². The van der Waals surface area contributed by atoms with Crippen molar-refractivity contribution in [2.45, 2.75) is 37.5 Å². The van der Waals surface area contributed by atoms with E-state index in [1.807, 2.05) is 6.07 Å². The third-order valence-corrected chi connectivity index (χ3v) is 13.2. The molecule has 1 saturated carbocycles. The lowest BCUT2D eigenvalue weighted by atomic mass is 9.65. The summed E-state index contributed by atoms with van der Waals surface area (Å²) in [6.07, 6.45) is 21.4. The fourth-order valence-corrected chi connectivity index (χ4v) is 9.95. The molecule has 3 aliphatic carbocycles. The van der Waals surface area contributed by atoms with Gasteiger partial charge in [-0.25, -0.2) is 19.9 Å². The Kier molecular flexibility index (Phi) is 9.90. The van der Waals surface area contributed by atoms with Gasteiger partial charge in [-0.15, -0.1) is 0 Å². The molecule has 1 fully saturated rings. The average Bonchev–Trinajstić information content (AvgIpc) is 3.36. The van der Waals surface area contributed by atoms with Gasteiger partial charge in [0, 0.05) is 45.1 Å². The lowest BCUT2D eigenvalue weighted by Crippen LogP contribution is -2.30. The molecule has 2 heterocycles. The van der Waals surface area contributed by atoms with Gasteiger partial charge in [-0.3, -0.25) is 0 Å². The van der Waals surface area contributed by atoms with Crippen molar-refractivity contribution in [2.75, 3.05) is 0 Å². The standard InChI is InChI=1S/C58H46N4/c1-4-18-42(19-5-1)52-38-54(50-26-14-22-40-16-8-10-24-48(40)50)61-56(59-52)44-28-32-46(33-29-44)58(36-12-3-13-37-58)47-34-30-45(31-35-47)57-60-53(43-20-6-2-7-21-43)39-55(62-57)51-27-15-23-41-17-9-11-25-49(41)51/h1-2,4-11,14-35,38-40,48H,3,12-13,36-37H2. The predicted octanol–water partition coefficient (Wildman–Crippen LogP) is 14.3. The third kappa shape index (κ3) is 7.12. The Bertz CT molecular complexity index is 3020. The molecule has 0 N–H and O–H groups in total. The largest absolute Gasteiger partial charge is 0.228 e. The summed E-state index contributed by atoms with van der Waals surface area (Å²) in [5, 5.41) is 2.38. The normalized spacial score (nSPS) is 17.7. The topological polar surface area (TPSA) is 51.6 Å². The van der Waals surface area contributed by atoms with Crippen molar-refractivity contribution in [2.24, 2.45) is 11.8 Å². The lowest BCUT2D eigenvalue weighted by molar-refractivity contribution is 0.346. The van der Waals surface area contributed by atoms with E-state index in [0.29, 0.717) is 5.92 Å². The monoisotopic (exact) mass is 798 g/mol. The molecule has 2 aromatic heterocycles. The van der Waals surface area contributed by atoms with E-state index in [2.05, 4.69) is 200 Å². The Morgan fingerprint density at radius 3 is 1.61 bits per heavy atom. The zero-order chi connectivity index (χ0) is 41.3. The van der Waals surface area contributed by atoms with Gasteiger partial charge >= 0.3 is 0 Å². The molecule has 298 valence electrons. The molecule has 4 heteroatoms. The molecular formula is C58H46N4. The molecular weight excluding hydrogens is 753 g/mol. The van der Waals surface area contributed by atoms with Gasteiger partial charge in [0.25, 0.3) is 0 Å². The van der Waals surface area contributed by atoms with E-state index < -0.39 is 0 Å². The van der Waals surface area contributed by atoms with E-state index in [-0.39, 0.29) is 11.3 Å². The molecule has 2 unspecified atom stereocenters. The van der Waals surface area contributed by atoms with Crippen LogP contribution >= 0.6 is 0 Å². The van der Waals surface area contributed by atoms with E-state index in [4.69, 9.17) is 19.9 Å². The Morgan fingerprint density at radius 2 is 0.952 bits per heavy atom. The maximum absolute atomic E-state index is 5.28. The van der Waals surface area contributed by atoms with Crippen molar-refractivity contribution in [3.63, 3.8) is 0 Å². The fraction of sp³-hybridized carbons (Fsp3) is 0.138. The minimum Gasteiger partial charge on any atom is -0.228 e. The van der Waals surface area contributed by atoms with Crippen molar-refractivity contribution in [1.82, 2.24) is 19.9 Å². The summed E-state index contributed by atoms with van der Waals surface area (Å²) in [6.45, 7) is 0. The summed E-state index contributed by atoms with van der Waals surface area (Å²) in [7, 11) is 0. The molecule has 4 nitrogen and oxygen atoms in total. The highest BCUT2D eigenvalue weighted by atomic mass is 14.9. The summed E-state index contributed by atoms with van der Waals surface area (Å²) in [4.78, 5) is 20.9. The quantitative estimate of drug-likeness (QED) is 0.154. The zero-order valence-corrected chi connectivity index (χ0v) is 34.6. The molecule has 62 heavy (non-hydrogen) atoms. The SMILES string of the molecule is C1=CC2C=CC=C(c3cc(-c4ccccc4)nc(-c4ccc(C5(c6ccc(-c7nc(-c8ccccc8)cc(-c8cccc9ccccc89)n7)cc6)CCCCC5)cc4)n3)C2C=C1. The Balaban J connectivity index is 0.953. The van der Waals surface area contributed by atoms with E-state index in [1.165, 1.54) is 46.7 Å². The summed E-state index contributed by atoms with van der Waals surface area (Å²) in [6, 6.07) is 58.5. The molecule has 3 aliphatic rings. The van der Waals surface area contributed by atoms with Crippen LogP contribution in [0.25, 0.3) is 72.9 Å². The Hall–Kier alpha value is -7.30. The number of benzene rings is 6. The molecule has 0 radical (unpaired) electrons. The van der Waals surface area contributed by atoms with Gasteiger partial charge < -0.3 is 0 Å². The average molecular weight is 799 g/mol. The number of hydrogen-bond acceptors (Lipinski definition) is 4. The molecule has 11 rings (SSSR count). The highest BCUT2D eigenvalue weighted by Gasteiger charge is 2.36. The van der Waals surface area contributed by atoms with Crippen LogP contribution in [0, 0.1) is 11.8 Å². The molecule has 0 amide bonds. The second kappa shape index (κ2) is 16.3. The van der Waals surface area contributed by atoms with Gasteiger partial charge in [0.15, 0.2) is 11.6 Å². The second-order valence-electron chi connectivity index (χ2n) is 16.9. The van der Waals surface area contributed by atoms with Crippen molar-refractivity contribution in [3.8, 4) is 56.5 Å². The summed E-state index contributed by atoms with van der Waals surface area (Å²) in [5.74, 6) is 2.06. The van der Waals surface area contributed by atoms with Crippen molar-refractivity contribution in [1.29, 1.82) is 0 Å². The molecule has 6 aromatic carbocycles. The van der Waals surface area contributed by atoms with Gasteiger partial charge in [0.2, 0.25) is 0 Å². The van der Waals surface area contributed by atoms with E-state index >= 15 is 0 Å². The molecule has 0 bridgehead atoms. The van der Waals surface area contributed by atoms with E-state index in [1.54, 1.807) is 0 Å². The van der Waals surface area contributed by atoms with Gasteiger partial charge in [-0.1, -0.05) is 213 Å². The summed E-state index contributed by atoms with van der Waals surface area (Å²) >= 11 is 0. The molecule has 0 saturated heterocycles. The minimum absolute atomic E-state index is 0.0941. The first kappa shape index (κ1) is 37.7. The number of aromatic nitrogens is 4. The van der Waals surface area contributed by atoms with Crippen LogP contribution in [0.3, 0.4) is 0 Å². The summed E-state index contributed by atoms with van der Waals surface area (Å²) < 4.78 is 0. The van der Waals surface area contributed by atoms with Crippen LogP contribution in [0.2, 0.25) is 0 Å². The predicted molar refractivity (Wildman–Crippen MR) is 255 cm³/mol. The maximum Gasteiger partial charge on any atom is 0.160 e. The zero-order valence-electron chi connectivity index (χ0n) is 34.6. The highest BCUT2D eigenvalue weighted by Crippen LogP contribution is 2.46. The number of fused-ring (bicyclic) bond motifs is 2. The highest BCUT2D eigenvalue weighted by molar-refractivity contribution is 5.96. The van der Waals surface area contributed by atoms with Crippen molar-refractivity contribution >= 4 is 16.3 Å². The maximum atomic E-state index is 5.28. The van der Waals surface area contributed by atoms with Crippen LogP contribution in [0.5, 0.6) is 0 Å². The lowest BCUT2D eigenvalue weighted by Gasteiger charge is -2.39. The third-order valence-electron chi connectivity index (χ3n) is 13.2. The number of nitrogens with zero attached hydrogens (tertiary/aromatic N) is 4. The Labute approximate surface area is 363 Å². The minimum atomic E-state index is -0.0941. The Morgan fingerprint density at radius 1 is 0.419 bits per heavy atom. The van der Waals surface area contributed by atoms with Crippen LogP contribution in [0.4, 0.5) is 0 Å². The molecule has 2 atom stereocenters. The van der Waals surface area contributed by atoms with E-state index in [9.17, 15) is 0 Å². The van der Waals surface area contributed by atoms with Crippen LogP contribution < -0.4 is 0 Å². The van der Waals surface area contributed by atoms with Gasteiger partial charge in [-0.05, 0) is 52.4 Å². The van der Waals surface area contributed by atoms with Crippen LogP contribution in [0.15, 0.2) is 206 Å². The van der Waals surface area contributed by atoms with Gasteiger partial charge in [0.05, 0.1) is 22.8 Å². The first-order valence-corrected chi connectivity index (χ1v) is 22.0. The molecule has 8 aromatic rings. The smallest absolute Gasteiger partial charge is 0.160 e. The fourth-order valence-electron chi connectivity index (χ4n) is 9.95. The number of allylic oxidation sites excluding steroid dienone is 8. The van der Waals surface area contributed by atoms with Gasteiger partial charge in [-0.2, -0.15) is 0 Å². The first-order valence-electron chi connectivity index (χ1n) is 22.0. The van der Waals surface area contributed by atoms with Gasteiger partial charge in [0.1, 0.15) is 0 Å². The van der Waals surface area contributed by atoms with Crippen molar-refractivity contribution in [3.05, 3.63) is 223 Å². The van der Waals surface area contributed by atoms with Crippen LogP contribution in [-0.4, -0.2) is 19.9 Å². The van der Waals surface area contributed by atoms with Crippen LogP contribution in [-0.2, 0) is 5.41 Å². The molecule has 0 spiro atoms. The number of rotatable bonds is 8. The number of hydrogen-bond donors (Lipinski definition) is 0. The summed E-state index contributed by atoms with van der Waals surface area (Å²) in [5.41, 5.74) is 12.9. The molecule has 0 aliphatic heterocycles. The second-order valence-corrected chi connectivity index (χ2v) is 16.9. The first-order chi connectivity index (χ1) is 30.7. The van der Waals surface area contributed by atoms with Crippen molar-refractivity contribution < 1.29 is 0 Å².